The van der Waals surface area contributed by atoms with Gasteiger partial charge in [-0.2, -0.15) is 5.26 Å². The molecule has 1 aliphatic carbocycles. The molecular formula is C10H11NO. The van der Waals surface area contributed by atoms with Gasteiger partial charge in [0.05, 0.1) is 12.3 Å². The summed E-state index contributed by atoms with van der Waals surface area (Å²) in [5.41, 5.74) is 0.823. The first-order chi connectivity index (χ1) is 5.78. The first-order valence-electron chi connectivity index (χ1n) is 4.24. The van der Waals surface area contributed by atoms with E-state index in [1.807, 2.05) is 13.0 Å². The molecule has 0 aromatic carbocycles. The summed E-state index contributed by atoms with van der Waals surface area (Å²) in [5, 5.41) is 9.02. The van der Waals surface area contributed by atoms with Gasteiger partial charge >= 0.3 is 0 Å². The number of rotatable bonds is 1. The van der Waals surface area contributed by atoms with Gasteiger partial charge < -0.3 is 4.42 Å². The van der Waals surface area contributed by atoms with E-state index in [0.29, 0.717) is 0 Å². The monoisotopic (exact) mass is 161 g/mol. The lowest BCUT2D eigenvalue weighted by Gasteiger charge is -2.33. The number of nitrogens with zero attached hydrogens (tertiary/aromatic N) is 1. The highest BCUT2D eigenvalue weighted by Gasteiger charge is 2.42. The van der Waals surface area contributed by atoms with E-state index in [4.69, 9.17) is 9.68 Å². The fourth-order valence-corrected chi connectivity index (χ4v) is 1.78. The number of furan rings is 1. The molecule has 0 spiro atoms. The lowest BCUT2D eigenvalue weighted by atomic mass is 9.67. The van der Waals surface area contributed by atoms with Crippen LogP contribution in [0.3, 0.4) is 0 Å². The molecule has 0 N–H and O–H groups in total. The van der Waals surface area contributed by atoms with Gasteiger partial charge in [-0.25, -0.2) is 0 Å². The molecule has 1 aromatic heterocycles. The molecule has 1 aliphatic rings. The lowest BCUT2D eigenvalue weighted by molar-refractivity contribution is 0.266. The Morgan fingerprint density at radius 1 is 1.58 bits per heavy atom. The zero-order valence-electron chi connectivity index (χ0n) is 7.13. The minimum Gasteiger partial charge on any atom is -0.467 e. The molecule has 0 bridgehead atoms. The molecule has 1 heterocycles. The fourth-order valence-electron chi connectivity index (χ4n) is 1.78. The van der Waals surface area contributed by atoms with Gasteiger partial charge in [-0.1, -0.05) is 0 Å². The number of nitriles is 1. The quantitative estimate of drug-likeness (QED) is 0.634. The molecule has 1 saturated carbocycles. The van der Waals surface area contributed by atoms with Gasteiger partial charge in [0.25, 0.3) is 0 Å². The summed E-state index contributed by atoms with van der Waals surface area (Å²) in [6.45, 7) is 2.00. The summed E-state index contributed by atoms with van der Waals surface area (Å²) in [6.07, 6.45) is 4.73. The van der Waals surface area contributed by atoms with Gasteiger partial charge in [0.1, 0.15) is 11.2 Å². The van der Waals surface area contributed by atoms with Crippen molar-refractivity contribution in [1.82, 2.24) is 0 Å². The van der Waals surface area contributed by atoms with E-state index in [2.05, 4.69) is 6.07 Å². The van der Waals surface area contributed by atoms with Crippen molar-refractivity contribution in [2.45, 2.75) is 31.6 Å². The third kappa shape index (κ3) is 0.797. The van der Waals surface area contributed by atoms with Crippen molar-refractivity contribution in [2.24, 2.45) is 0 Å². The smallest absolute Gasteiger partial charge is 0.126 e. The number of hydrogen-bond acceptors (Lipinski definition) is 2. The van der Waals surface area contributed by atoms with Crippen LogP contribution in [0.4, 0.5) is 0 Å². The minimum absolute atomic E-state index is 0.284. The van der Waals surface area contributed by atoms with Crippen molar-refractivity contribution in [1.29, 1.82) is 5.26 Å². The molecule has 2 nitrogen and oxygen atoms in total. The van der Waals surface area contributed by atoms with E-state index in [1.165, 1.54) is 0 Å². The number of aryl methyl sites for hydroxylation is 1. The van der Waals surface area contributed by atoms with Crippen LogP contribution < -0.4 is 0 Å². The van der Waals surface area contributed by atoms with Crippen molar-refractivity contribution in [3.63, 3.8) is 0 Å². The Bertz CT molecular complexity index is 328. The summed E-state index contributed by atoms with van der Waals surface area (Å²) >= 11 is 0. The first-order valence-corrected chi connectivity index (χ1v) is 4.24. The Morgan fingerprint density at radius 3 is 2.67 bits per heavy atom. The van der Waals surface area contributed by atoms with Crippen LogP contribution in [0.2, 0.25) is 0 Å². The summed E-state index contributed by atoms with van der Waals surface area (Å²) in [4.78, 5) is 0. The molecule has 0 amide bonds. The van der Waals surface area contributed by atoms with Crippen LogP contribution in [0.15, 0.2) is 16.7 Å². The molecule has 1 aromatic rings. The zero-order chi connectivity index (χ0) is 8.60. The van der Waals surface area contributed by atoms with Crippen LogP contribution in [0.1, 0.15) is 30.6 Å². The largest absolute Gasteiger partial charge is 0.467 e. The Kier molecular flexibility index (Phi) is 1.47. The Balaban J connectivity index is 2.42. The maximum atomic E-state index is 9.02. The van der Waals surface area contributed by atoms with Crippen LogP contribution in [0.25, 0.3) is 0 Å². The average molecular weight is 161 g/mol. The van der Waals surface area contributed by atoms with E-state index < -0.39 is 0 Å². The molecule has 0 radical (unpaired) electrons. The predicted octanol–water partition coefficient (Wildman–Crippen LogP) is 2.53. The summed E-state index contributed by atoms with van der Waals surface area (Å²) in [7, 11) is 0. The second kappa shape index (κ2) is 2.38. The molecular weight excluding hydrogens is 150 g/mol. The van der Waals surface area contributed by atoms with E-state index >= 15 is 0 Å². The average Bonchev–Trinajstić information content (AvgIpc) is 2.36. The second-order valence-electron chi connectivity index (χ2n) is 3.48. The van der Waals surface area contributed by atoms with E-state index in [-0.39, 0.29) is 5.41 Å². The van der Waals surface area contributed by atoms with Crippen molar-refractivity contribution >= 4 is 0 Å². The zero-order valence-corrected chi connectivity index (χ0v) is 7.13. The third-order valence-corrected chi connectivity index (χ3v) is 2.72. The molecule has 0 atom stereocenters. The maximum Gasteiger partial charge on any atom is 0.126 e. The van der Waals surface area contributed by atoms with E-state index in [9.17, 15) is 0 Å². The molecule has 62 valence electrons. The maximum absolute atomic E-state index is 9.02. The van der Waals surface area contributed by atoms with Crippen LogP contribution >= 0.6 is 0 Å². The van der Waals surface area contributed by atoms with Crippen LogP contribution in [0, 0.1) is 18.3 Å². The highest BCUT2D eigenvalue weighted by molar-refractivity contribution is 5.33. The highest BCUT2D eigenvalue weighted by Crippen LogP contribution is 2.44. The topological polar surface area (TPSA) is 36.9 Å². The standard InChI is InChI=1S/C10H11NO/c1-8-3-6-12-9(8)10(7-11)4-2-5-10/h3,6H,2,4-5H2,1H3. The predicted molar refractivity (Wildman–Crippen MR) is 44.6 cm³/mol. The number of hydrogen-bond donors (Lipinski definition) is 0. The van der Waals surface area contributed by atoms with Crippen molar-refractivity contribution in [2.75, 3.05) is 0 Å². The molecule has 0 saturated heterocycles. The van der Waals surface area contributed by atoms with Gasteiger partial charge in [-0.15, -0.1) is 0 Å². The van der Waals surface area contributed by atoms with Gasteiger partial charge in [0, 0.05) is 0 Å². The normalized spacial score (nSPS) is 19.7. The second-order valence-corrected chi connectivity index (χ2v) is 3.48. The summed E-state index contributed by atoms with van der Waals surface area (Å²) in [6, 6.07) is 4.29. The minimum atomic E-state index is -0.284. The van der Waals surface area contributed by atoms with Gasteiger partial charge in [0.15, 0.2) is 0 Å². The van der Waals surface area contributed by atoms with E-state index in [1.54, 1.807) is 6.26 Å². The molecule has 0 aliphatic heterocycles. The molecule has 2 heteroatoms. The third-order valence-electron chi connectivity index (χ3n) is 2.72. The molecule has 2 rings (SSSR count). The van der Waals surface area contributed by atoms with Crippen molar-refractivity contribution in [3.8, 4) is 6.07 Å². The lowest BCUT2D eigenvalue weighted by Crippen LogP contribution is -2.32. The molecule has 1 fully saturated rings. The first kappa shape index (κ1) is 7.42. The SMILES string of the molecule is Cc1ccoc1C1(C#N)CCC1. The summed E-state index contributed by atoms with van der Waals surface area (Å²) in [5.74, 6) is 0.885. The Labute approximate surface area is 71.8 Å². The van der Waals surface area contributed by atoms with Crippen molar-refractivity contribution in [3.05, 3.63) is 23.7 Å². The van der Waals surface area contributed by atoms with Gasteiger partial charge in [0.2, 0.25) is 0 Å². The Hall–Kier alpha value is -1.23. The highest BCUT2D eigenvalue weighted by atomic mass is 16.3. The van der Waals surface area contributed by atoms with Gasteiger partial charge in [-0.3, -0.25) is 0 Å². The van der Waals surface area contributed by atoms with Crippen LogP contribution in [-0.2, 0) is 5.41 Å². The summed E-state index contributed by atoms with van der Waals surface area (Å²) < 4.78 is 5.34. The molecule has 0 unspecified atom stereocenters. The van der Waals surface area contributed by atoms with Crippen LogP contribution in [0.5, 0.6) is 0 Å². The van der Waals surface area contributed by atoms with Crippen molar-refractivity contribution < 1.29 is 4.42 Å². The van der Waals surface area contributed by atoms with E-state index in [0.717, 1.165) is 30.6 Å². The van der Waals surface area contributed by atoms with Gasteiger partial charge in [-0.05, 0) is 37.8 Å². The fraction of sp³-hybridized carbons (Fsp3) is 0.500. The Morgan fingerprint density at radius 2 is 2.33 bits per heavy atom. The molecule has 12 heavy (non-hydrogen) atoms. The van der Waals surface area contributed by atoms with Crippen LogP contribution in [-0.4, -0.2) is 0 Å².